The van der Waals surface area contributed by atoms with Crippen molar-refractivity contribution in [3.05, 3.63) is 62.9 Å². The molecule has 4 aromatic rings. The van der Waals surface area contributed by atoms with Crippen molar-refractivity contribution in [2.45, 2.75) is 12.8 Å². The number of benzene rings is 4. The first-order valence-corrected chi connectivity index (χ1v) is 8.47. The smallest absolute Gasteiger partial charge is 0.0209 e. The Hall–Kier alpha value is -1.61. The van der Waals surface area contributed by atoms with Gasteiger partial charge in [0.2, 0.25) is 0 Å². The van der Waals surface area contributed by atoms with Crippen LogP contribution in [0, 0.1) is 3.57 Å². The van der Waals surface area contributed by atoms with Gasteiger partial charge in [-0.1, -0.05) is 48.5 Å². The molecule has 0 amide bonds. The Labute approximate surface area is 136 Å². The molecule has 100 valence electrons. The number of fused-ring (bicyclic) bond motifs is 2. The first-order valence-electron chi connectivity index (χ1n) is 7.39. The topological polar surface area (TPSA) is 0 Å². The number of rotatable bonds is 0. The van der Waals surface area contributed by atoms with E-state index >= 15 is 0 Å². The minimum absolute atomic E-state index is 1.15. The summed E-state index contributed by atoms with van der Waals surface area (Å²) in [6.45, 7) is 0. The molecule has 21 heavy (non-hydrogen) atoms. The molecule has 1 aliphatic carbocycles. The van der Waals surface area contributed by atoms with Gasteiger partial charge in [-0.05, 0) is 84.6 Å². The zero-order chi connectivity index (χ0) is 14.0. The van der Waals surface area contributed by atoms with Crippen LogP contribution in [0.15, 0.2) is 48.5 Å². The molecule has 0 nitrogen and oxygen atoms in total. The maximum absolute atomic E-state index is 2.45. The van der Waals surface area contributed by atoms with Gasteiger partial charge in [0.1, 0.15) is 0 Å². The third-order valence-corrected chi connectivity index (χ3v) is 5.69. The molecule has 0 unspecified atom stereocenters. The molecule has 0 spiro atoms. The Bertz CT molecular complexity index is 1090. The SMILES string of the molecule is Ic1ccc2c3c4c(cccc4c4cccc1c24)CCC=3. The van der Waals surface area contributed by atoms with Crippen LogP contribution in [0.3, 0.4) is 0 Å². The van der Waals surface area contributed by atoms with Crippen LogP contribution in [-0.2, 0) is 6.42 Å². The third-order valence-electron chi connectivity index (χ3n) is 4.75. The van der Waals surface area contributed by atoms with Crippen molar-refractivity contribution in [1.82, 2.24) is 0 Å². The van der Waals surface area contributed by atoms with Gasteiger partial charge in [0, 0.05) is 3.57 Å². The number of aryl methyl sites for hydroxylation is 1. The van der Waals surface area contributed by atoms with Crippen molar-refractivity contribution in [1.29, 1.82) is 0 Å². The maximum Gasteiger partial charge on any atom is 0.0209 e. The highest BCUT2D eigenvalue weighted by atomic mass is 127. The lowest BCUT2D eigenvalue weighted by atomic mass is 9.87. The second-order valence-corrected chi connectivity index (χ2v) is 6.98. The second kappa shape index (κ2) is 4.20. The van der Waals surface area contributed by atoms with E-state index in [1.807, 2.05) is 0 Å². The van der Waals surface area contributed by atoms with E-state index in [2.05, 4.69) is 77.2 Å². The first kappa shape index (κ1) is 12.0. The first-order chi connectivity index (χ1) is 10.3. The van der Waals surface area contributed by atoms with Crippen LogP contribution in [0.25, 0.3) is 38.4 Å². The van der Waals surface area contributed by atoms with Crippen LogP contribution in [-0.4, -0.2) is 0 Å². The van der Waals surface area contributed by atoms with Gasteiger partial charge in [-0.25, -0.2) is 0 Å². The molecule has 0 N–H and O–H groups in total. The van der Waals surface area contributed by atoms with Crippen molar-refractivity contribution in [2.24, 2.45) is 0 Å². The van der Waals surface area contributed by atoms with E-state index in [-0.39, 0.29) is 0 Å². The minimum atomic E-state index is 1.15. The van der Waals surface area contributed by atoms with Gasteiger partial charge in [-0.2, -0.15) is 0 Å². The van der Waals surface area contributed by atoms with Gasteiger partial charge in [0.05, 0.1) is 0 Å². The molecule has 0 radical (unpaired) electrons. The van der Waals surface area contributed by atoms with Crippen molar-refractivity contribution >= 4 is 61.0 Å². The highest BCUT2D eigenvalue weighted by Crippen LogP contribution is 2.35. The third kappa shape index (κ3) is 1.50. The summed E-state index contributed by atoms with van der Waals surface area (Å²) < 4.78 is 1.34. The lowest BCUT2D eigenvalue weighted by molar-refractivity contribution is 1.04. The molecule has 0 saturated carbocycles. The molecule has 0 saturated heterocycles. The zero-order valence-corrected chi connectivity index (χ0v) is 13.6. The molecule has 0 bridgehead atoms. The predicted octanol–water partition coefficient (Wildman–Crippen LogP) is 5.20. The second-order valence-electron chi connectivity index (χ2n) is 5.82. The molecular formula is C20H13I. The summed E-state index contributed by atoms with van der Waals surface area (Å²) >= 11 is 2.45. The summed E-state index contributed by atoms with van der Waals surface area (Å²) in [4.78, 5) is 0. The van der Waals surface area contributed by atoms with Crippen LogP contribution < -0.4 is 5.22 Å². The number of hydrogen-bond donors (Lipinski definition) is 0. The average molecular weight is 380 g/mol. The van der Waals surface area contributed by atoms with Gasteiger partial charge in [0.15, 0.2) is 0 Å². The Morgan fingerprint density at radius 1 is 0.714 bits per heavy atom. The van der Waals surface area contributed by atoms with Crippen LogP contribution in [0.5, 0.6) is 0 Å². The molecule has 1 heteroatoms. The normalized spacial score (nSPS) is 14.0. The molecule has 0 aliphatic heterocycles. The van der Waals surface area contributed by atoms with Crippen molar-refractivity contribution in [3.8, 4) is 0 Å². The standard InChI is InChI=1S/C20H13I/c21-18-11-10-16-14-7-2-5-12-4-1-6-13(19(12)14)15-8-3-9-17(18)20(15)16/h1,3-4,6-11H,2,5H2. The Morgan fingerprint density at radius 2 is 1.48 bits per heavy atom. The summed E-state index contributed by atoms with van der Waals surface area (Å²) in [7, 11) is 0. The summed E-state index contributed by atoms with van der Waals surface area (Å²) in [6.07, 6.45) is 4.76. The summed E-state index contributed by atoms with van der Waals surface area (Å²) in [5, 5.41) is 9.98. The van der Waals surface area contributed by atoms with Crippen LogP contribution >= 0.6 is 22.6 Å². The van der Waals surface area contributed by atoms with Crippen LogP contribution in [0.2, 0.25) is 0 Å². The molecule has 0 heterocycles. The van der Waals surface area contributed by atoms with Gasteiger partial charge in [-0.3, -0.25) is 0 Å². The zero-order valence-electron chi connectivity index (χ0n) is 11.5. The van der Waals surface area contributed by atoms with Gasteiger partial charge in [0.25, 0.3) is 0 Å². The van der Waals surface area contributed by atoms with Crippen molar-refractivity contribution in [3.63, 3.8) is 0 Å². The monoisotopic (exact) mass is 380 g/mol. The fraction of sp³-hybridized carbons (Fsp3) is 0.100. The quantitative estimate of drug-likeness (QED) is 0.224. The van der Waals surface area contributed by atoms with Gasteiger partial charge < -0.3 is 0 Å². The Balaban J connectivity index is 2.26. The molecule has 5 rings (SSSR count). The largest absolute Gasteiger partial charge is 0.0757 e. The van der Waals surface area contributed by atoms with Gasteiger partial charge >= 0.3 is 0 Å². The maximum atomic E-state index is 2.45. The molecule has 1 aliphatic rings. The van der Waals surface area contributed by atoms with Crippen molar-refractivity contribution in [2.75, 3.05) is 0 Å². The highest BCUT2D eigenvalue weighted by Gasteiger charge is 2.14. The number of halogens is 1. The van der Waals surface area contributed by atoms with Crippen LogP contribution in [0.1, 0.15) is 12.0 Å². The van der Waals surface area contributed by atoms with E-state index in [1.165, 1.54) is 53.1 Å². The highest BCUT2D eigenvalue weighted by molar-refractivity contribution is 14.1. The van der Waals surface area contributed by atoms with Crippen LogP contribution in [0.4, 0.5) is 0 Å². The van der Waals surface area contributed by atoms with E-state index in [0.29, 0.717) is 0 Å². The number of hydrogen-bond acceptors (Lipinski definition) is 0. The fourth-order valence-electron chi connectivity index (χ4n) is 3.89. The Kier molecular flexibility index (Phi) is 2.40. The molecule has 0 aromatic heterocycles. The van der Waals surface area contributed by atoms with E-state index < -0.39 is 0 Å². The average Bonchev–Trinajstić information content (AvgIpc) is 2.54. The lowest BCUT2D eigenvalue weighted by Gasteiger charge is -2.17. The minimum Gasteiger partial charge on any atom is -0.0757 e. The predicted molar refractivity (Wildman–Crippen MR) is 99.7 cm³/mol. The Morgan fingerprint density at radius 3 is 2.38 bits per heavy atom. The molecular weight excluding hydrogens is 367 g/mol. The van der Waals surface area contributed by atoms with Crippen molar-refractivity contribution < 1.29 is 0 Å². The van der Waals surface area contributed by atoms with Gasteiger partial charge in [-0.15, -0.1) is 0 Å². The van der Waals surface area contributed by atoms with E-state index in [0.717, 1.165) is 6.42 Å². The fourth-order valence-corrected chi connectivity index (χ4v) is 4.52. The summed E-state index contributed by atoms with van der Waals surface area (Å²) in [5.74, 6) is 0. The lowest BCUT2D eigenvalue weighted by Crippen LogP contribution is -2.12. The van der Waals surface area contributed by atoms with E-state index in [9.17, 15) is 0 Å². The molecule has 4 aromatic carbocycles. The molecule has 0 fully saturated rings. The summed E-state index contributed by atoms with van der Waals surface area (Å²) in [6, 6.07) is 18.1. The molecule has 0 atom stereocenters. The summed E-state index contributed by atoms with van der Waals surface area (Å²) in [5.41, 5.74) is 1.51. The van der Waals surface area contributed by atoms with E-state index in [1.54, 1.807) is 0 Å². The van der Waals surface area contributed by atoms with E-state index in [4.69, 9.17) is 0 Å².